The summed E-state index contributed by atoms with van der Waals surface area (Å²) in [4.78, 5) is 2.17. The van der Waals surface area contributed by atoms with Crippen LogP contribution in [0.1, 0.15) is 25.0 Å². The van der Waals surface area contributed by atoms with Gasteiger partial charge in [0.25, 0.3) is 0 Å². The molecule has 0 aliphatic heterocycles. The molecule has 0 aliphatic carbocycles. The molecular weight excluding hydrogens is 266 g/mol. The summed E-state index contributed by atoms with van der Waals surface area (Å²) in [5.41, 5.74) is 2.39. The van der Waals surface area contributed by atoms with Gasteiger partial charge in [-0.15, -0.1) is 0 Å². The third kappa shape index (κ3) is 3.30. The van der Waals surface area contributed by atoms with E-state index in [0.29, 0.717) is 0 Å². The van der Waals surface area contributed by atoms with Gasteiger partial charge in [-0.3, -0.25) is 4.90 Å². The van der Waals surface area contributed by atoms with Crippen molar-refractivity contribution in [2.24, 2.45) is 0 Å². The number of rotatable bonds is 4. The lowest BCUT2D eigenvalue weighted by Gasteiger charge is -2.34. The van der Waals surface area contributed by atoms with Crippen LogP contribution < -0.4 is 0 Å². The molecule has 3 heteroatoms. The number of halogens is 1. The average molecular weight is 286 g/mol. The van der Waals surface area contributed by atoms with Gasteiger partial charge < -0.3 is 5.11 Å². The molecular formula is C13H20BrNO. The van der Waals surface area contributed by atoms with Crippen LogP contribution in [0.2, 0.25) is 0 Å². The number of aryl methyl sites for hydroxylation is 1. The lowest BCUT2D eigenvalue weighted by atomic mass is 10.0. The van der Waals surface area contributed by atoms with Gasteiger partial charge in [-0.1, -0.05) is 22.0 Å². The van der Waals surface area contributed by atoms with Gasteiger partial charge in [-0.2, -0.15) is 0 Å². The molecule has 0 amide bonds. The Bertz CT molecular complexity index is 363. The highest BCUT2D eigenvalue weighted by Gasteiger charge is 2.22. The fourth-order valence-corrected chi connectivity index (χ4v) is 1.90. The zero-order valence-electron chi connectivity index (χ0n) is 10.4. The van der Waals surface area contributed by atoms with Crippen molar-refractivity contribution >= 4 is 15.9 Å². The van der Waals surface area contributed by atoms with Crippen LogP contribution >= 0.6 is 15.9 Å². The van der Waals surface area contributed by atoms with E-state index in [0.717, 1.165) is 11.0 Å². The van der Waals surface area contributed by atoms with Crippen LogP contribution in [0.15, 0.2) is 22.7 Å². The van der Waals surface area contributed by atoms with Gasteiger partial charge in [-0.25, -0.2) is 0 Å². The third-order valence-corrected chi connectivity index (χ3v) is 3.63. The molecule has 0 saturated carbocycles. The Morgan fingerprint density at radius 3 is 2.50 bits per heavy atom. The maximum atomic E-state index is 9.31. The minimum absolute atomic E-state index is 0.166. The van der Waals surface area contributed by atoms with E-state index in [2.05, 4.69) is 46.0 Å². The Labute approximate surface area is 106 Å². The maximum Gasteiger partial charge on any atom is 0.0610 e. The fourth-order valence-electron chi connectivity index (χ4n) is 1.43. The van der Waals surface area contributed by atoms with E-state index in [1.165, 1.54) is 11.1 Å². The molecule has 1 N–H and O–H groups in total. The Morgan fingerprint density at radius 1 is 1.38 bits per heavy atom. The summed E-state index contributed by atoms with van der Waals surface area (Å²) >= 11 is 3.46. The van der Waals surface area contributed by atoms with E-state index in [1.54, 1.807) is 0 Å². The molecule has 2 nitrogen and oxygen atoms in total. The first-order valence-electron chi connectivity index (χ1n) is 5.44. The smallest absolute Gasteiger partial charge is 0.0610 e. The maximum absolute atomic E-state index is 9.31. The van der Waals surface area contributed by atoms with Crippen molar-refractivity contribution in [1.29, 1.82) is 0 Å². The number of likely N-dealkylation sites (N-methyl/N-ethyl adjacent to an activating group) is 1. The second kappa shape index (κ2) is 5.30. The molecule has 0 heterocycles. The van der Waals surface area contributed by atoms with Gasteiger partial charge >= 0.3 is 0 Å². The zero-order valence-corrected chi connectivity index (χ0v) is 12.0. The van der Waals surface area contributed by atoms with Gasteiger partial charge in [-0.05, 0) is 51.1 Å². The molecule has 1 rings (SSSR count). The van der Waals surface area contributed by atoms with E-state index in [-0.39, 0.29) is 12.1 Å². The van der Waals surface area contributed by atoms with E-state index < -0.39 is 0 Å². The Morgan fingerprint density at radius 2 is 2.00 bits per heavy atom. The predicted molar refractivity (Wildman–Crippen MR) is 71.5 cm³/mol. The van der Waals surface area contributed by atoms with Gasteiger partial charge in [0.2, 0.25) is 0 Å². The van der Waals surface area contributed by atoms with Crippen molar-refractivity contribution < 1.29 is 5.11 Å². The summed E-state index contributed by atoms with van der Waals surface area (Å²) in [5, 5.41) is 9.31. The Balaban J connectivity index is 2.81. The van der Waals surface area contributed by atoms with Gasteiger partial charge in [0, 0.05) is 16.6 Å². The minimum Gasteiger partial charge on any atom is -0.394 e. The molecule has 0 radical (unpaired) electrons. The van der Waals surface area contributed by atoms with Crippen molar-refractivity contribution in [2.75, 3.05) is 13.7 Å². The first-order chi connectivity index (χ1) is 7.36. The van der Waals surface area contributed by atoms with Crippen LogP contribution in [0.5, 0.6) is 0 Å². The average Bonchev–Trinajstić information content (AvgIpc) is 2.22. The second-order valence-corrected chi connectivity index (χ2v) is 5.81. The van der Waals surface area contributed by atoms with E-state index >= 15 is 0 Å². The molecule has 0 spiro atoms. The summed E-state index contributed by atoms with van der Waals surface area (Å²) in [6, 6.07) is 6.31. The normalized spacial score (nSPS) is 12.2. The highest BCUT2D eigenvalue weighted by atomic mass is 79.9. The molecule has 0 saturated heterocycles. The molecule has 0 aliphatic rings. The topological polar surface area (TPSA) is 23.5 Å². The van der Waals surface area contributed by atoms with Crippen LogP contribution in [0.25, 0.3) is 0 Å². The monoisotopic (exact) mass is 285 g/mol. The lowest BCUT2D eigenvalue weighted by molar-refractivity contribution is 0.0732. The van der Waals surface area contributed by atoms with Crippen LogP contribution in [0.4, 0.5) is 0 Å². The van der Waals surface area contributed by atoms with Crippen LogP contribution in [0.3, 0.4) is 0 Å². The van der Waals surface area contributed by atoms with Crippen LogP contribution in [0, 0.1) is 6.92 Å². The molecule has 0 aromatic heterocycles. The van der Waals surface area contributed by atoms with Crippen molar-refractivity contribution in [1.82, 2.24) is 4.90 Å². The summed E-state index contributed by atoms with van der Waals surface area (Å²) in [5.74, 6) is 0. The fraction of sp³-hybridized carbons (Fsp3) is 0.538. The Hall–Kier alpha value is -0.380. The number of nitrogens with zero attached hydrogens (tertiary/aromatic N) is 1. The van der Waals surface area contributed by atoms with Crippen molar-refractivity contribution in [3.63, 3.8) is 0 Å². The highest BCUT2D eigenvalue weighted by Crippen LogP contribution is 2.20. The SMILES string of the molecule is Cc1cc(Br)ccc1CN(C)C(C)(C)CO. The lowest BCUT2D eigenvalue weighted by Crippen LogP contribution is -2.43. The van der Waals surface area contributed by atoms with Gasteiger partial charge in [0.05, 0.1) is 6.61 Å². The molecule has 90 valence electrons. The summed E-state index contributed by atoms with van der Waals surface area (Å²) in [6.45, 7) is 7.22. The standard InChI is InChI=1S/C13H20BrNO/c1-10-7-12(14)6-5-11(10)8-15(4)13(2,3)9-16/h5-7,16H,8-9H2,1-4H3. The Kier molecular flexibility index (Phi) is 4.53. The molecule has 1 aromatic carbocycles. The van der Waals surface area contributed by atoms with Crippen LogP contribution in [-0.2, 0) is 6.54 Å². The first kappa shape index (κ1) is 13.7. The third-order valence-electron chi connectivity index (χ3n) is 3.13. The molecule has 0 fully saturated rings. The summed E-state index contributed by atoms with van der Waals surface area (Å²) in [6.07, 6.45) is 0. The van der Waals surface area contributed by atoms with Gasteiger partial charge in [0.15, 0.2) is 0 Å². The van der Waals surface area contributed by atoms with Crippen molar-refractivity contribution in [2.45, 2.75) is 32.9 Å². The number of hydrogen-bond donors (Lipinski definition) is 1. The quantitative estimate of drug-likeness (QED) is 0.920. The van der Waals surface area contributed by atoms with E-state index in [1.807, 2.05) is 20.9 Å². The van der Waals surface area contributed by atoms with Crippen molar-refractivity contribution in [3.8, 4) is 0 Å². The minimum atomic E-state index is -0.181. The number of benzene rings is 1. The van der Waals surface area contributed by atoms with Gasteiger partial charge in [0.1, 0.15) is 0 Å². The first-order valence-corrected chi connectivity index (χ1v) is 6.23. The number of aliphatic hydroxyl groups excluding tert-OH is 1. The molecule has 0 unspecified atom stereocenters. The van der Waals surface area contributed by atoms with E-state index in [4.69, 9.17) is 0 Å². The molecule has 0 atom stereocenters. The molecule has 1 aromatic rings. The second-order valence-electron chi connectivity index (χ2n) is 4.90. The van der Waals surface area contributed by atoms with Crippen LogP contribution in [-0.4, -0.2) is 29.2 Å². The van der Waals surface area contributed by atoms with Crippen molar-refractivity contribution in [3.05, 3.63) is 33.8 Å². The molecule has 16 heavy (non-hydrogen) atoms. The summed E-state index contributed by atoms with van der Waals surface area (Å²) in [7, 11) is 2.04. The largest absolute Gasteiger partial charge is 0.394 e. The van der Waals surface area contributed by atoms with E-state index in [9.17, 15) is 5.11 Å². The molecule has 0 bridgehead atoms. The highest BCUT2D eigenvalue weighted by molar-refractivity contribution is 9.10. The number of hydrogen-bond acceptors (Lipinski definition) is 2. The zero-order chi connectivity index (χ0) is 12.3. The predicted octanol–water partition coefficient (Wildman–Crippen LogP) is 2.96. The number of aliphatic hydroxyl groups is 1. The summed E-state index contributed by atoms with van der Waals surface area (Å²) < 4.78 is 1.11.